The minimum atomic E-state index is -0.194. The highest BCUT2D eigenvalue weighted by molar-refractivity contribution is 5.57. The highest BCUT2D eigenvalue weighted by Crippen LogP contribution is 2.24. The monoisotopic (exact) mass is 241 g/mol. The molecule has 17 heavy (non-hydrogen) atoms. The first-order valence-corrected chi connectivity index (χ1v) is 7.01. The van der Waals surface area contributed by atoms with Gasteiger partial charge in [-0.2, -0.15) is 0 Å². The summed E-state index contributed by atoms with van der Waals surface area (Å²) < 4.78 is 5.11. The summed E-state index contributed by atoms with van der Waals surface area (Å²) in [5, 5.41) is 0. The van der Waals surface area contributed by atoms with Crippen LogP contribution in [0.4, 0.5) is 0 Å². The summed E-state index contributed by atoms with van der Waals surface area (Å²) in [5.74, 6) is 0.478. The van der Waals surface area contributed by atoms with Crippen LogP contribution in [0.25, 0.3) is 0 Å². The van der Waals surface area contributed by atoms with Gasteiger partial charge in [0, 0.05) is 7.11 Å². The van der Waals surface area contributed by atoms with E-state index in [4.69, 9.17) is 10.5 Å². The van der Waals surface area contributed by atoms with Crippen LogP contribution in [0.3, 0.4) is 0 Å². The van der Waals surface area contributed by atoms with Gasteiger partial charge in [0.25, 0.3) is 0 Å². The first-order valence-electron chi connectivity index (χ1n) is 7.01. The van der Waals surface area contributed by atoms with Crippen molar-refractivity contribution in [1.29, 1.82) is 0 Å². The quantitative estimate of drug-likeness (QED) is 0.773. The lowest BCUT2D eigenvalue weighted by atomic mass is 9.85. The number of rotatable bonds is 3. The van der Waals surface area contributed by atoms with E-state index in [1.54, 1.807) is 7.11 Å². The molecule has 2 aliphatic rings. The first kappa shape index (κ1) is 14.7. The minimum Gasteiger partial charge on any atom is -0.381 e. The van der Waals surface area contributed by atoms with Crippen molar-refractivity contribution in [2.24, 2.45) is 11.7 Å². The molecule has 0 aromatic carbocycles. The first-order chi connectivity index (χ1) is 8.27. The fourth-order valence-electron chi connectivity index (χ4n) is 2.75. The molecule has 0 aromatic heterocycles. The molecule has 0 bridgehead atoms. The van der Waals surface area contributed by atoms with Crippen molar-refractivity contribution < 1.29 is 9.53 Å². The third-order valence-corrected chi connectivity index (χ3v) is 3.99. The van der Waals surface area contributed by atoms with Gasteiger partial charge in [-0.15, -0.1) is 0 Å². The predicted molar refractivity (Wildman–Crippen MR) is 69.9 cm³/mol. The highest BCUT2D eigenvalue weighted by atomic mass is 16.5. The second-order valence-corrected chi connectivity index (χ2v) is 5.25. The number of nitrogens with two attached hydrogens (primary N) is 1. The molecule has 0 spiro atoms. The molecule has 1 unspecified atom stereocenters. The van der Waals surface area contributed by atoms with Gasteiger partial charge in [0.05, 0.1) is 12.1 Å². The lowest BCUT2D eigenvalue weighted by Gasteiger charge is -2.23. The summed E-state index contributed by atoms with van der Waals surface area (Å²) in [5.41, 5.74) is 5.58. The Kier molecular flexibility index (Phi) is 7.45. The van der Waals surface area contributed by atoms with E-state index in [0.29, 0.717) is 12.0 Å². The molecule has 2 fully saturated rings. The molecule has 0 amide bonds. The van der Waals surface area contributed by atoms with Crippen molar-refractivity contribution in [2.75, 3.05) is 7.11 Å². The predicted octanol–water partition coefficient (Wildman–Crippen LogP) is 2.67. The van der Waals surface area contributed by atoms with Crippen LogP contribution in [0.2, 0.25) is 0 Å². The average molecular weight is 241 g/mol. The van der Waals surface area contributed by atoms with E-state index in [-0.39, 0.29) is 6.04 Å². The van der Waals surface area contributed by atoms with Crippen LogP contribution >= 0.6 is 0 Å². The Morgan fingerprint density at radius 1 is 1.06 bits per heavy atom. The summed E-state index contributed by atoms with van der Waals surface area (Å²) >= 11 is 0. The molecular weight excluding hydrogens is 214 g/mol. The Morgan fingerprint density at radius 2 is 1.59 bits per heavy atom. The zero-order valence-corrected chi connectivity index (χ0v) is 11.1. The highest BCUT2D eigenvalue weighted by Gasteiger charge is 2.19. The average Bonchev–Trinajstić information content (AvgIpc) is 2.93. The molecule has 0 heterocycles. The third kappa shape index (κ3) is 5.64. The normalized spacial score (nSPS) is 23.9. The molecular formula is C14H27NO2. The van der Waals surface area contributed by atoms with Gasteiger partial charge in [-0.25, -0.2) is 0 Å². The number of methoxy groups -OCH3 is 1. The minimum absolute atomic E-state index is 0.194. The maximum atomic E-state index is 10.3. The lowest BCUT2D eigenvalue weighted by Crippen LogP contribution is -2.32. The summed E-state index contributed by atoms with van der Waals surface area (Å²) in [7, 11) is 1.80. The number of hydrogen-bond donors (Lipinski definition) is 1. The van der Waals surface area contributed by atoms with E-state index in [0.717, 1.165) is 19.1 Å². The SMILES string of the molecule is COC1CCCC1.NC(C=O)C1CCCCC1. The molecule has 2 N–H and O–H groups in total. The molecule has 2 saturated carbocycles. The van der Waals surface area contributed by atoms with Crippen molar-refractivity contribution >= 4 is 6.29 Å². The van der Waals surface area contributed by atoms with Gasteiger partial charge in [-0.3, -0.25) is 0 Å². The van der Waals surface area contributed by atoms with E-state index >= 15 is 0 Å². The molecule has 3 nitrogen and oxygen atoms in total. The maximum Gasteiger partial charge on any atom is 0.136 e. The number of aldehydes is 1. The molecule has 100 valence electrons. The summed E-state index contributed by atoms with van der Waals surface area (Å²) in [6, 6.07) is -0.194. The van der Waals surface area contributed by atoms with Crippen LogP contribution in [0.5, 0.6) is 0 Å². The van der Waals surface area contributed by atoms with E-state index in [9.17, 15) is 4.79 Å². The van der Waals surface area contributed by atoms with Crippen molar-refractivity contribution in [3.8, 4) is 0 Å². The number of hydrogen-bond acceptors (Lipinski definition) is 3. The topological polar surface area (TPSA) is 52.3 Å². The molecule has 2 rings (SSSR count). The molecule has 3 heteroatoms. The Morgan fingerprint density at radius 3 is 2.00 bits per heavy atom. The maximum absolute atomic E-state index is 10.3. The Hall–Kier alpha value is -0.410. The van der Waals surface area contributed by atoms with Crippen molar-refractivity contribution in [2.45, 2.75) is 69.9 Å². The van der Waals surface area contributed by atoms with E-state index in [1.165, 1.54) is 44.9 Å². The summed E-state index contributed by atoms with van der Waals surface area (Å²) in [6.07, 6.45) is 12.9. The molecule has 1 atom stereocenters. The van der Waals surface area contributed by atoms with E-state index in [1.807, 2.05) is 0 Å². The van der Waals surface area contributed by atoms with Gasteiger partial charge in [-0.05, 0) is 31.6 Å². The lowest BCUT2D eigenvalue weighted by molar-refractivity contribution is -0.110. The largest absolute Gasteiger partial charge is 0.381 e. The van der Waals surface area contributed by atoms with Gasteiger partial charge in [0.2, 0.25) is 0 Å². The van der Waals surface area contributed by atoms with Gasteiger partial charge < -0.3 is 15.3 Å². The van der Waals surface area contributed by atoms with E-state index < -0.39 is 0 Å². The smallest absolute Gasteiger partial charge is 0.136 e. The Labute approximate surface area is 105 Å². The van der Waals surface area contributed by atoms with Gasteiger partial charge in [0.1, 0.15) is 6.29 Å². The van der Waals surface area contributed by atoms with Crippen LogP contribution in [-0.4, -0.2) is 25.5 Å². The van der Waals surface area contributed by atoms with Crippen LogP contribution < -0.4 is 5.73 Å². The Bertz CT molecular complexity index is 196. The van der Waals surface area contributed by atoms with Crippen molar-refractivity contribution in [3.05, 3.63) is 0 Å². The summed E-state index contributed by atoms with van der Waals surface area (Å²) in [4.78, 5) is 10.3. The van der Waals surface area contributed by atoms with Crippen LogP contribution in [0.1, 0.15) is 57.8 Å². The standard InChI is InChI=1S/C8H15NO.C6H12O/c9-8(6-10)7-4-2-1-3-5-7;1-7-6-4-2-3-5-6/h6-8H,1-5,9H2;6H,2-5H2,1H3. The van der Waals surface area contributed by atoms with Gasteiger partial charge >= 0.3 is 0 Å². The second kappa shape index (κ2) is 8.65. The van der Waals surface area contributed by atoms with Crippen molar-refractivity contribution in [1.82, 2.24) is 0 Å². The molecule has 0 saturated heterocycles. The fourth-order valence-corrected chi connectivity index (χ4v) is 2.75. The molecule has 2 aliphatic carbocycles. The second-order valence-electron chi connectivity index (χ2n) is 5.25. The number of carbonyl (C=O) groups is 1. The zero-order valence-electron chi connectivity index (χ0n) is 11.1. The number of carbonyl (C=O) groups excluding carboxylic acids is 1. The van der Waals surface area contributed by atoms with Crippen LogP contribution in [-0.2, 0) is 9.53 Å². The van der Waals surface area contributed by atoms with Crippen LogP contribution in [0, 0.1) is 5.92 Å². The number of ether oxygens (including phenoxy) is 1. The van der Waals surface area contributed by atoms with Gasteiger partial charge in [0.15, 0.2) is 0 Å². The van der Waals surface area contributed by atoms with Crippen LogP contribution in [0.15, 0.2) is 0 Å². The van der Waals surface area contributed by atoms with E-state index in [2.05, 4.69) is 0 Å². The van der Waals surface area contributed by atoms with Gasteiger partial charge in [-0.1, -0.05) is 32.1 Å². The summed E-state index contributed by atoms with van der Waals surface area (Å²) in [6.45, 7) is 0. The molecule has 0 aliphatic heterocycles. The fraction of sp³-hybridized carbons (Fsp3) is 0.929. The third-order valence-electron chi connectivity index (χ3n) is 3.99. The Balaban J connectivity index is 0.000000181. The zero-order chi connectivity index (χ0) is 12.5. The molecule has 0 aromatic rings. The molecule has 0 radical (unpaired) electrons. The van der Waals surface area contributed by atoms with Crippen molar-refractivity contribution in [3.63, 3.8) is 0 Å².